The molecule has 146 valence electrons. The highest BCUT2D eigenvalue weighted by molar-refractivity contribution is 7.91. The van der Waals surface area contributed by atoms with Gasteiger partial charge in [-0.1, -0.05) is 19.1 Å². The molecule has 8 heteroatoms. The van der Waals surface area contributed by atoms with Crippen LogP contribution in [0, 0.1) is 0 Å². The van der Waals surface area contributed by atoms with Crippen LogP contribution in [-0.2, 0) is 14.8 Å². The first kappa shape index (κ1) is 20.0. The predicted molar refractivity (Wildman–Crippen MR) is 107 cm³/mol. The average molecular weight is 409 g/mol. The van der Waals surface area contributed by atoms with E-state index >= 15 is 0 Å². The lowest BCUT2D eigenvalue weighted by Crippen LogP contribution is -2.40. The fourth-order valence-corrected chi connectivity index (χ4v) is 5.62. The van der Waals surface area contributed by atoms with E-state index in [-0.39, 0.29) is 11.9 Å². The molecule has 0 aliphatic carbocycles. The van der Waals surface area contributed by atoms with Crippen molar-refractivity contribution in [3.63, 3.8) is 0 Å². The van der Waals surface area contributed by atoms with Crippen LogP contribution in [0.3, 0.4) is 0 Å². The molecule has 27 heavy (non-hydrogen) atoms. The molecule has 1 atom stereocenters. The summed E-state index contributed by atoms with van der Waals surface area (Å²) in [5.74, 6) is -0.121. The van der Waals surface area contributed by atoms with Crippen molar-refractivity contribution in [3.8, 4) is 10.4 Å². The largest absolute Gasteiger partial charge is 0.379 e. The second kappa shape index (κ2) is 8.52. The second-order valence-corrected chi connectivity index (χ2v) is 9.75. The third-order valence-corrected chi connectivity index (χ3v) is 8.05. The molecule has 1 N–H and O–H groups in total. The molecule has 0 saturated carbocycles. The highest BCUT2D eigenvalue weighted by Gasteiger charge is 2.27. The molecule has 1 aliphatic rings. The van der Waals surface area contributed by atoms with E-state index in [1.165, 1.54) is 15.6 Å². The fourth-order valence-electron chi connectivity index (χ4n) is 2.75. The number of carbonyl (C=O) groups excluding carboxylic acids is 1. The van der Waals surface area contributed by atoms with Gasteiger partial charge in [0.2, 0.25) is 0 Å². The first-order valence-corrected chi connectivity index (χ1v) is 11.3. The Morgan fingerprint density at radius 1 is 1.26 bits per heavy atom. The van der Waals surface area contributed by atoms with E-state index in [0.29, 0.717) is 36.1 Å². The molecule has 0 bridgehead atoms. The zero-order valence-electron chi connectivity index (χ0n) is 15.5. The number of morpholine rings is 1. The van der Waals surface area contributed by atoms with Gasteiger partial charge in [-0.05, 0) is 43.2 Å². The number of sulfonamides is 1. The Bertz CT molecular complexity index is 902. The van der Waals surface area contributed by atoms with Gasteiger partial charge < -0.3 is 10.1 Å². The highest BCUT2D eigenvalue weighted by atomic mass is 32.2. The monoisotopic (exact) mass is 408 g/mol. The van der Waals surface area contributed by atoms with Gasteiger partial charge in [0.25, 0.3) is 15.9 Å². The minimum Gasteiger partial charge on any atom is -0.379 e. The van der Waals surface area contributed by atoms with E-state index in [0.717, 1.165) is 16.9 Å². The summed E-state index contributed by atoms with van der Waals surface area (Å²) >= 11 is 1.22. The number of carbonyl (C=O) groups is 1. The molecule has 3 rings (SSSR count). The van der Waals surface area contributed by atoms with Crippen molar-refractivity contribution in [1.82, 2.24) is 9.62 Å². The maximum absolute atomic E-state index is 12.8. The van der Waals surface area contributed by atoms with Gasteiger partial charge in [0, 0.05) is 29.6 Å². The van der Waals surface area contributed by atoms with Crippen LogP contribution in [-0.4, -0.2) is 51.0 Å². The molecule has 6 nitrogen and oxygen atoms in total. The van der Waals surface area contributed by atoms with Gasteiger partial charge in [0.15, 0.2) is 0 Å². The standard InChI is InChI=1S/C19H24N2O4S2/c1-3-14(2)20-19(22)16-6-4-5-15(13-16)17-7-8-18(26-17)27(23,24)21-9-11-25-12-10-21/h4-8,13-14H,3,9-12H2,1-2H3,(H,20,22)/t14-/m1/s1. The van der Waals surface area contributed by atoms with E-state index in [1.54, 1.807) is 24.3 Å². The Balaban J connectivity index is 1.82. The van der Waals surface area contributed by atoms with Gasteiger partial charge in [-0.25, -0.2) is 8.42 Å². The predicted octanol–water partition coefficient (Wildman–Crippen LogP) is 2.96. The van der Waals surface area contributed by atoms with E-state index in [1.807, 2.05) is 26.0 Å². The van der Waals surface area contributed by atoms with Crippen molar-refractivity contribution < 1.29 is 17.9 Å². The van der Waals surface area contributed by atoms with Crippen LogP contribution in [0.2, 0.25) is 0 Å². The van der Waals surface area contributed by atoms with Gasteiger partial charge in [-0.3, -0.25) is 4.79 Å². The molecule has 2 heterocycles. The molecular formula is C19H24N2O4S2. The van der Waals surface area contributed by atoms with Gasteiger partial charge in [-0.2, -0.15) is 4.31 Å². The van der Waals surface area contributed by atoms with E-state index < -0.39 is 10.0 Å². The lowest BCUT2D eigenvalue weighted by molar-refractivity contribution is 0.0731. The topological polar surface area (TPSA) is 75.7 Å². The van der Waals surface area contributed by atoms with E-state index in [9.17, 15) is 13.2 Å². The molecule has 1 aromatic carbocycles. The summed E-state index contributed by atoms with van der Waals surface area (Å²) in [6.07, 6.45) is 0.860. The van der Waals surface area contributed by atoms with Crippen LogP contribution < -0.4 is 5.32 Å². The van der Waals surface area contributed by atoms with Crippen molar-refractivity contribution in [2.45, 2.75) is 30.5 Å². The number of amides is 1. The first-order valence-electron chi connectivity index (χ1n) is 9.01. The molecule has 0 radical (unpaired) electrons. The Kier molecular flexibility index (Phi) is 6.31. The van der Waals surface area contributed by atoms with Crippen molar-refractivity contribution in [2.24, 2.45) is 0 Å². The van der Waals surface area contributed by atoms with Crippen LogP contribution in [0.1, 0.15) is 30.6 Å². The molecule has 0 spiro atoms. The van der Waals surface area contributed by atoms with Gasteiger partial charge in [0.05, 0.1) is 13.2 Å². The Labute approximate surface area is 164 Å². The maximum atomic E-state index is 12.8. The number of thiophene rings is 1. The molecule has 1 aliphatic heterocycles. The number of ether oxygens (including phenoxy) is 1. The van der Waals surface area contributed by atoms with E-state index in [4.69, 9.17) is 4.74 Å². The van der Waals surface area contributed by atoms with Crippen molar-refractivity contribution >= 4 is 27.3 Å². The van der Waals surface area contributed by atoms with Crippen LogP contribution in [0.4, 0.5) is 0 Å². The summed E-state index contributed by atoms with van der Waals surface area (Å²) in [6, 6.07) is 10.8. The highest BCUT2D eigenvalue weighted by Crippen LogP contribution is 2.33. The molecule has 0 unspecified atom stereocenters. The Morgan fingerprint density at radius 3 is 2.70 bits per heavy atom. The average Bonchev–Trinajstić information content (AvgIpc) is 3.20. The Hall–Kier alpha value is -1.74. The van der Waals surface area contributed by atoms with Crippen LogP contribution in [0.15, 0.2) is 40.6 Å². The Morgan fingerprint density at radius 2 is 2.00 bits per heavy atom. The summed E-state index contributed by atoms with van der Waals surface area (Å²) in [5, 5.41) is 2.95. The van der Waals surface area contributed by atoms with Crippen LogP contribution in [0.5, 0.6) is 0 Å². The third-order valence-electron chi connectivity index (χ3n) is 4.54. The maximum Gasteiger partial charge on any atom is 0.252 e. The molecule has 1 saturated heterocycles. The molecule has 2 aromatic rings. The van der Waals surface area contributed by atoms with Gasteiger partial charge in [0.1, 0.15) is 4.21 Å². The summed E-state index contributed by atoms with van der Waals surface area (Å²) in [7, 11) is -3.50. The molecule has 1 fully saturated rings. The van der Waals surface area contributed by atoms with Crippen molar-refractivity contribution in [3.05, 3.63) is 42.0 Å². The minimum atomic E-state index is -3.50. The SMILES string of the molecule is CC[C@@H](C)NC(=O)c1cccc(-c2ccc(S(=O)(=O)N3CCOCC3)s2)c1. The lowest BCUT2D eigenvalue weighted by Gasteiger charge is -2.25. The van der Waals surface area contributed by atoms with Crippen LogP contribution in [0.25, 0.3) is 10.4 Å². The molecular weight excluding hydrogens is 384 g/mol. The zero-order chi connectivity index (χ0) is 19.4. The number of hydrogen-bond donors (Lipinski definition) is 1. The van der Waals surface area contributed by atoms with Crippen molar-refractivity contribution in [2.75, 3.05) is 26.3 Å². The third kappa shape index (κ3) is 4.57. The summed E-state index contributed by atoms with van der Waals surface area (Å²) < 4.78 is 32.6. The fraction of sp³-hybridized carbons (Fsp3) is 0.421. The van der Waals surface area contributed by atoms with Gasteiger partial charge >= 0.3 is 0 Å². The number of nitrogens with one attached hydrogen (secondary N) is 1. The summed E-state index contributed by atoms with van der Waals surface area (Å²) in [6.45, 7) is 5.57. The molecule has 1 aromatic heterocycles. The molecule has 1 amide bonds. The smallest absolute Gasteiger partial charge is 0.252 e. The summed E-state index contributed by atoms with van der Waals surface area (Å²) in [5.41, 5.74) is 1.40. The number of benzene rings is 1. The van der Waals surface area contributed by atoms with Crippen molar-refractivity contribution in [1.29, 1.82) is 0 Å². The number of nitrogens with zero attached hydrogens (tertiary/aromatic N) is 1. The summed E-state index contributed by atoms with van der Waals surface area (Å²) in [4.78, 5) is 13.2. The number of rotatable bonds is 6. The normalized spacial score (nSPS) is 16.8. The van der Waals surface area contributed by atoms with Crippen LogP contribution >= 0.6 is 11.3 Å². The lowest BCUT2D eigenvalue weighted by atomic mass is 10.1. The quantitative estimate of drug-likeness (QED) is 0.797. The van der Waals surface area contributed by atoms with E-state index in [2.05, 4.69) is 5.32 Å². The first-order chi connectivity index (χ1) is 12.9. The number of hydrogen-bond acceptors (Lipinski definition) is 5. The zero-order valence-corrected chi connectivity index (χ0v) is 17.1. The van der Waals surface area contributed by atoms with Gasteiger partial charge in [-0.15, -0.1) is 11.3 Å². The minimum absolute atomic E-state index is 0.105. The second-order valence-electron chi connectivity index (χ2n) is 6.50.